The van der Waals surface area contributed by atoms with Crippen molar-refractivity contribution in [1.29, 1.82) is 0 Å². The van der Waals surface area contributed by atoms with Crippen molar-refractivity contribution < 1.29 is 86.5 Å². The Morgan fingerprint density at radius 1 is 0.440 bits per heavy atom. The number of unbranched alkanes of at least 4 members (excludes halogenated alkanes) is 3. The number of nitrogens with one attached hydrogen (secondary N) is 2. The summed E-state index contributed by atoms with van der Waals surface area (Å²) in [5.41, 5.74) is 0. The largest absolute Gasteiger partial charge is 0.455 e. The molecule has 20 heteroatoms. The van der Waals surface area contributed by atoms with Crippen molar-refractivity contribution >= 4 is 47.6 Å². The maximum atomic E-state index is 13.0. The fraction of sp³-hybridized carbons (Fsp3) is 0.733. The van der Waals surface area contributed by atoms with Crippen LogP contribution in [0.25, 0.3) is 0 Å². The molecule has 50 heavy (non-hydrogen) atoms. The molecule has 0 aromatic rings. The van der Waals surface area contributed by atoms with Gasteiger partial charge in [0.25, 0.3) is 11.8 Å². The van der Waals surface area contributed by atoms with Crippen LogP contribution in [0.5, 0.6) is 0 Å². The molecule has 20 nitrogen and oxygen atoms in total. The molecule has 2 unspecified atom stereocenters. The summed E-state index contributed by atoms with van der Waals surface area (Å²) in [6.45, 7) is 6.44. The lowest BCUT2D eigenvalue weighted by molar-refractivity contribution is -0.286. The Kier molecular flexibility index (Phi) is 16.5. The predicted molar refractivity (Wildman–Crippen MR) is 160 cm³/mol. The molecule has 4 N–H and O–H groups in total. The first-order valence-corrected chi connectivity index (χ1v) is 15.7. The molecule has 2 saturated heterocycles. The number of esters is 6. The van der Waals surface area contributed by atoms with E-state index in [1.807, 2.05) is 0 Å². The van der Waals surface area contributed by atoms with Gasteiger partial charge >= 0.3 is 35.8 Å². The van der Waals surface area contributed by atoms with Gasteiger partial charge in [-0.2, -0.15) is 0 Å². The van der Waals surface area contributed by atoms with Crippen LogP contribution in [0.4, 0.5) is 0 Å². The highest BCUT2D eigenvalue weighted by atomic mass is 16.7. The number of ether oxygens (including phenoxy) is 8. The fourth-order valence-corrected chi connectivity index (χ4v) is 5.23. The van der Waals surface area contributed by atoms with Gasteiger partial charge in [-0.15, -0.1) is 0 Å². The molecule has 2 aliphatic heterocycles. The number of carbonyl (C=O) groups excluding carboxylic acids is 8. The van der Waals surface area contributed by atoms with E-state index in [2.05, 4.69) is 10.6 Å². The predicted octanol–water partition coefficient (Wildman–Crippen LogP) is -2.20. The molecule has 2 aliphatic rings. The molecule has 0 bridgehead atoms. The Labute approximate surface area is 286 Å². The maximum Gasteiger partial charge on any atom is 0.303 e. The Hall–Kier alpha value is -4.40. The van der Waals surface area contributed by atoms with Gasteiger partial charge in [0.1, 0.15) is 0 Å². The van der Waals surface area contributed by atoms with E-state index in [-0.39, 0.29) is 13.1 Å². The number of rotatable bonds is 15. The van der Waals surface area contributed by atoms with Gasteiger partial charge in [-0.1, -0.05) is 12.8 Å². The van der Waals surface area contributed by atoms with E-state index in [0.717, 1.165) is 41.5 Å². The molecule has 0 radical (unpaired) electrons. The minimum Gasteiger partial charge on any atom is -0.455 e. The minimum atomic E-state index is -1.89. The van der Waals surface area contributed by atoms with Crippen molar-refractivity contribution in [3.8, 4) is 0 Å². The second-order valence-corrected chi connectivity index (χ2v) is 11.3. The van der Waals surface area contributed by atoms with Crippen molar-refractivity contribution in [3.05, 3.63) is 0 Å². The first-order chi connectivity index (χ1) is 23.4. The van der Waals surface area contributed by atoms with Crippen LogP contribution in [0.15, 0.2) is 0 Å². The van der Waals surface area contributed by atoms with Gasteiger partial charge in [-0.25, -0.2) is 0 Å². The van der Waals surface area contributed by atoms with Gasteiger partial charge in [0.05, 0.1) is 0 Å². The van der Waals surface area contributed by atoms with Gasteiger partial charge in [0.15, 0.2) is 61.4 Å². The standard InChI is InChI=1S/C30H44N2O18/c1-13(33)43-19-21(45-15(3)35)25(47-17(5)37)29(41)49-23(19)27(39)31-11-9-7-8-10-12-32-28(40)24-20(44-14(2)34)22(46-16(4)36)26(30(42)50-24)48-18(6)38/h19-26,29-30,41-42H,7-12H2,1-6H3,(H,31,39)(H,32,40)/t19-,20-,21-,22-,23-,24-,25+,26+,29?,30?/m0/s1. The van der Waals surface area contributed by atoms with Crippen LogP contribution in [0.1, 0.15) is 67.2 Å². The molecule has 0 aromatic heterocycles. The Balaban J connectivity index is 1.91. The van der Waals surface area contributed by atoms with Crippen molar-refractivity contribution in [2.24, 2.45) is 0 Å². The van der Waals surface area contributed by atoms with Crippen LogP contribution in [0.3, 0.4) is 0 Å². The maximum absolute atomic E-state index is 13.0. The van der Waals surface area contributed by atoms with Gasteiger partial charge in [0, 0.05) is 54.6 Å². The summed E-state index contributed by atoms with van der Waals surface area (Å²) in [4.78, 5) is 96.1. The summed E-state index contributed by atoms with van der Waals surface area (Å²) >= 11 is 0. The van der Waals surface area contributed by atoms with Crippen LogP contribution < -0.4 is 10.6 Å². The van der Waals surface area contributed by atoms with E-state index in [1.165, 1.54) is 0 Å². The zero-order valence-corrected chi connectivity index (χ0v) is 28.4. The molecule has 0 aliphatic carbocycles. The highest BCUT2D eigenvalue weighted by molar-refractivity contribution is 5.83. The molecule has 2 fully saturated rings. The fourth-order valence-electron chi connectivity index (χ4n) is 5.23. The molecule has 2 rings (SSSR count). The van der Waals surface area contributed by atoms with Gasteiger partial charge in [-0.05, 0) is 12.8 Å². The number of hydrogen-bond donors (Lipinski definition) is 4. The van der Waals surface area contributed by atoms with Crippen LogP contribution in [0.2, 0.25) is 0 Å². The van der Waals surface area contributed by atoms with E-state index in [4.69, 9.17) is 37.9 Å². The first kappa shape index (κ1) is 41.8. The van der Waals surface area contributed by atoms with Crippen molar-refractivity contribution in [1.82, 2.24) is 10.6 Å². The minimum absolute atomic E-state index is 0.110. The lowest BCUT2D eigenvalue weighted by Gasteiger charge is -2.42. The van der Waals surface area contributed by atoms with E-state index in [0.29, 0.717) is 25.7 Å². The highest BCUT2D eigenvalue weighted by Gasteiger charge is 2.55. The molecule has 0 saturated carbocycles. The normalized spacial score (nSPS) is 29.0. The summed E-state index contributed by atoms with van der Waals surface area (Å²) in [5.74, 6) is -6.75. The molecule has 10 atom stereocenters. The number of aliphatic hydroxyl groups excluding tert-OH is 2. The zero-order chi connectivity index (χ0) is 37.7. The quantitative estimate of drug-likeness (QED) is 0.0794. The molecule has 2 amide bonds. The second kappa shape index (κ2) is 19.7. The number of amides is 2. The number of carbonyl (C=O) groups is 8. The van der Waals surface area contributed by atoms with E-state index in [1.54, 1.807) is 0 Å². The van der Waals surface area contributed by atoms with Gasteiger partial charge in [-0.3, -0.25) is 38.4 Å². The Morgan fingerprint density at radius 2 is 0.700 bits per heavy atom. The van der Waals surface area contributed by atoms with Crippen molar-refractivity contribution in [3.63, 3.8) is 0 Å². The molecule has 2 heterocycles. The average Bonchev–Trinajstić information content (AvgIpc) is 2.99. The summed E-state index contributed by atoms with van der Waals surface area (Å²) in [5, 5.41) is 26.0. The van der Waals surface area contributed by atoms with Gasteiger partial charge < -0.3 is 58.7 Å². The van der Waals surface area contributed by atoms with Crippen LogP contribution in [0, 0.1) is 0 Å². The number of hydrogen-bond acceptors (Lipinski definition) is 18. The van der Waals surface area contributed by atoms with Crippen LogP contribution in [-0.2, 0) is 76.3 Å². The topological polar surface area (TPSA) is 275 Å². The third kappa shape index (κ3) is 12.8. The third-order valence-corrected chi connectivity index (χ3v) is 7.06. The third-order valence-electron chi connectivity index (χ3n) is 7.06. The molecule has 282 valence electrons. The second-order valence-electron chi connectivity index (χ2n) is 11.3. The molecule has 0 spiro atoms. The average molecular weight is 721 g/mol. The van der Waals surface area contributed by atoms with Crippen molar-refractivity contribution in [2.75, 3.05) is 13.1 Å². The van der Waals surface area contributed by atoms with Crippen molar-refractivity contribution in [2.45, 2.75) is 129 Å². The van der Waals surface area contributed by atoms with E-state index >= 15 is 0 Å². The Morgan fingerprint density at radius 3 is 0.980 bits per heavy atom. The molecular formula is C30H44N2O18. The zero-order valence-electron chi connectivity index (χ0n) is 28.4. The highest BCUT2D eigenvalue weighted by Crippen LogP contribution is 2.29. The van der Waals surface area contributed by atoms with Crippen LogP contribution >= 0.6 is 0 Å². The van der Waals surface area contributed by atoms with E-state index in [9.17, 15) is 48.6 Å². The lowest BCUT2D eigenvalue weighted by Crippen LogP contribution is -2.64. The SMILES string of the molecule is CC(=O)O[C@H]1[C@H](OC(C)=O)[C@@H](OC(C)=O)C(O)O[C@@H]1C(=O)NCCCCCCNC(=O)[C@H]1OC(O)[C@H](OC(C)=O)[C@@H](OC(C)=O)[C@@H]1OC(C)=O. The molecular weight excluding hydrogens is 676 g/mol. The first-order valence-electron chi connectivity index (χ1n) is 15.7. The monoisotopic (exact) mass is 720 g/mol. The summed E-state index contributed by atoms with van der Waals surface area (Å²) < 4.78 is 41.3. The van der Waals surface area contributed by atoms with Gasteiger partial charge in [0.2, 0.25) is 0 Å². The summed E-state index contributed by atoms with van der Waals surface area (Å²) in [6, 6.07) is 0. The summed E-state index contributed by atoms with van der Waals surface area (Å²) in [7, 11) is 0. The lowest BCUT2D eigenvalue weighted by atomic mass is 9.97. The number of aliphatic hydroxyl groups is 2. The van der Waals surface area contributed by atoms with E-state index < -0.39 is 109 Å². The summed E-state index contributed by atoms with van der Waals surface area (Å²) in [6.07, 6.45) is -14.4. The molecule has 0 aromatic carbocycles. The smallest absolute Gasteiger partial charge is 0.303 e. The van der Waals surface area contributed by atoms with Crippen LogP contribution in [-0.4, -0.2) is 132 Å². The Bertz CT molecular complexity index is 1160.